The van der Waals surface area contributed by atoms with Crippen molar-refractivity contribution >= 4 is 22.6 Å². The summed E-state index contributed by atoms with van der Waals surface area (Å²) in [6.45, 7) is 8.58. The normalized spacial score (nSPS) is 14.9. The van der Waals surface area contributed by atoms with Gasteiger partial charge in [0.15, 0.2) is 16.9 Å². The first-order chi connectivity index (χ1) is 17.3. The molecule has 4 aromatic rings. The number of anilines is 1. The van der Waals surface area contributed by atoms with Gasteiger partial charge in [0.1, 0.15) is 11.4 Å². The number of halogens is 1. The van der Waals surface area contributed by atoms with Gasteiger partial charge in [-0.05, 0) is 86.8 Å². The SMILES string of the molecule is CCOc1ccc(C2c3c(oc4ccc(F)cc4c3=O)C(=O)N2c2ccc(C)c(C)c2)cc1OCC. The van der Waals surface area contributed by atoms with Crippen LogP contribution in [-0.2, 0) is 0 Å². The first-order valence-electron chi connectivity index (χ1n) is 11.9. The third-order valence-electron chi connectivity index (χ3n) is 6.48. The molecule has 0 fully saturated rings. The number of rotatable bonds is 6. The predicted octanol–water partition coefficient (Wildman–Crippen LogP) is 6.10. The number of hydrogen-bond acceptors (Lipinski definition) is 5. The number of ether oxygens (including phenoxy) is 2. The molecule has 1 aliphatic heterocycles. The Labute approximate surface area is 207 Å². The zero-order chi connectivity index (χ0) is 25.6. The fourth-order valence-electron chi connectivity index (χ4n) is 4.64. The van der Waals surface area contributed by atoms with Gasteiger partial charge in [-0.2, -0.15) is 0 Å². The molecule has 3 aromatic carbocycles. The molecule has 36 heavy (non-hydrogen) atoms. The van der Waals surface area contributed by atoms with Gasteiger partial charge in [-0.3, -0.25) is 14.5 Å². The van der Waals surface area contributed by atoms with Crippen molar-refractivity contribution in [1.29, 1.82) is 0 Å². The number of hydrogen-bond donors (Lipinski definition) is 0. The van der Waals surface area contributed by atoms with Crippen LogP contribution in [-0.4, -0.2) is 19.1 Å². The summed E-state index contributed by atoms with van der Waals surface area (Å²) in [5.74, 6) is 0.0379. The molecule has 0 saturated carbocycles. The average Bonchev–Trinajstić information content (AvgIpc) is 3.15. The molecule has 1 aliphatic rings. The van der Waals surface area contributed by atoms with Crippen LogP contribution in [0.2, 0.25) is 0 Å². The van der Waals surface area contributed by atoms with Crippen LogP contribution in [0.3, 0.4) is 0 Å². The van der Waals surface area contributed by atoms with Crippen molar-refractivity contribution in [3.8, 4) is 11.5 Å². The van der Waals surface area contributed by atoms with Crippen LogP contribution in [0.25, 0.3) is 11.0 Å². The number of nitrogens with zero attached hydrogens (tertiary/aromatic N) is 1. The number of carbonyl (C=O) groups is 1. The minimum atomic E-state index is -0.798. The number of amides is 1. The van der Waals surface area contributed by atoms with E-state index in [4.69, 9.17) is 13.9 Å². The van der Waals surface area contributed by atoms with Gasteiger partial charge < -0.3 is 13.9 Å². The molecular weight excluding hydrogens is 461 g/mol. The van der Waals surface area contributed by atoms with E-state index in [1.165, 1.54) is 12.1 Å². The molecule has 2 heterocycles. The smallest absolute Gasteiger partial charge is 0.295 e. The van der Waals surface area contributed by atoms with E-state index in [0.717, 1.165) is 17.2 Å². The highest BCUT2D eigenvalue weighted by Crippen LogP contribution is 2.43. The monoisotopic (exact) mass is 487 g/mol. The fourth-order valence-corrected chi connectivity index (χ4v) is 4.64. The van der Waals surface area contributed by atoms with E-state index >= 15 is 0 Å². The highest BCUT2D eigenvalue weighted by molar-refractivity contribution is 6.10. The second-order valence-corrected chi connectivity index (χ2v) is 8.73. The van der Waals surface area contributed by atoms with Crippen LogP contribution in [0.1, 0.15) is 52.7 Å². The van der Waals surface area contributed by atoms with E-state index in [-0.39, 0.29) is 22.3 Å². The second-order valence-electron chi connectivity index (χ2n) is 8.73. The molecular formula is C29H26FNO5. The second kappa shape index (κ2) is 9.15. The average molecular weight is 488 g/mol. The van der Waals surface area contributed by atoms with Crippen LogP contribution in [0.4, 0.5) is 10.1 Å². The van der Waals surface area contributed by atoms with Crippen LogP contribution in [0.5, 0.6) is 11.5 Å². The largest absolute Gasteiger partial charge is 0.490 e. The summed E-state index contributed by atoms with van der Waals surface area (Å²) in [6, 6.07) is 14.0. The molecule has 1 aromatic heterocycles. The van der Waals surface area contributed by atoms with Crippen molar-refractivity contribution in [2.24, 2.45) is 0 Å². The molecule has 0 bridgehead atoms. The standard InChI is InChI=1S/C29H26FNO5/c1-5-34-23-11-8-18(14-24(23)35-6-2)26-25-27(32)21-15-19(30)9-12-22(21)36-28(25)29(33)31(26)20-10-7-16(3)17(4)13-20/h7-15,26H,5-6H2,1-4H3. The lowest BCUT2D eigenvalue weighted by Crippen LogP contribution is -2.29. The van der Waals surface area contributed by atoms with E-state index in [9.17, 15) is 14.0 Å². The van der Waals surface area contributed by atoms with Gasteiger partial charge >= 0.3 is 0 Å². The van der Waals surface area contributed by atoms with Gasteiger partial charge in [0.05, 0.1) is 30.2 Å². The van der Waals surface area contributed by atoms with Crippen molar-refractivity contribution in [1.82, 2.24) is 0 Å². The van der Waals surface area contributed by atoms with Crippen molar-refractivity contribution in [2.75, 3.05) is 18.1 Å². The number of carbonyl (C=O) groups excluding carboxylic acids is 1. The zero-order valence-electron chi connectivity index (χ0n) is 20.6. The Morgan fingerprint density at radius 3 is 2.36 bits per heavy atom. The first kappa shape index (κ1) is 23.6. The van der Waals surface area contributed by atoms with Gasteiger partial charge in [0, 0.05) is 5.69 Å². The zero-order valence-corrected chi connectivity index (χ0v) is 20.6. The summed E-state index contributed by atoms with van der Waals surface area (Å²) in [5, 5.41) is 0.0875. The van der Waals surface area contributed by atoms with E-state index in [1.807, 2.05) is 52.0 Å². The van der Waals surface area contributed by atoms with E-state index in [1.54, 1.807) is 17.0 Å². The maximum absolute atomic E-state index is 14.1. The molecule has 6 nitrogen and oxygen atoms in total. The minimum absolute atomic E-state index is 0.0471. The quantitative estimate of drug-likeness (QED) is 0.329. The summed E-state index contributed by atoms with van der Waals surface area (Å²) in [5.41, 5.74) is 3.25. The molecule has 0 N–H and O–H groups in total. The van der Waals surface area contributed by atoms with E-state index in [0.29, 0.717) is 36.0 Å². The lowest BCUT2D eigenvalue weighted by molar-refractivity contribution is 0.0971. The van der Waals surface area contributed by atoms with Gasteiger partial charge in [0.2, 0.25) is 5.76 Å². The van der Waals surface area contributed by atoms with E-state index < -0.39 is 23.2 Å². The number of benzene rings is 3. The third-order valence-corrected chi connectivity index (χ3v) is 6.48. The van der Waals surface area contributed by atoms with Gasteiger partial charge in [0.25, 0.3) is 5.91 Å². The first-order valence-corrected chi connectivity index (χ1v) is 11.9. The molecule has 1 atom stereocenters. The number of aryl methyl sites for hydroxylation is 2. The summed E-state index contributed by atoms with van der Waals surface area (Å²) in [4.78, 5) is 29.1. The maximum Gasteiger partial charge on any atom is 0.295 e. The van der Waals surface area contributed by atoms with Gasteiger partial charge in [-0.25, -0.2) is 4.39 Å². The molecule has 7 heteroatoms. The van der Waals surface area contributed by atoms with Crippen LogP contribution in [0, 0.1) is 19.7 Å². The number of fused-ring (bicyclic) bond motifs is 2. The Hall–Kier alpha value is -4.13. The van der Waals surface area contributed by atoms with Crippen LogP contribution >= 0.6 is 0 Å². The van der Waals surface area contributed by atoms with Gasteiger partial charge in [-0.1, -0.05) is 12.1 Å². The molecule has 0 radical (unpaired) electrons. The van der Waals surface area contributed by atoms with Crippen LogP contribution in [0.15, 0.2) is 63.8 Å². The molecule has 0 saturated heterocycles. The molecule has 184 valence electrons. The fraction of sp³-hybridized carbons (Fsp3) is 0.241. The van der Waals surface area contributed by atoms with Gasteiger partial charge in [-0.15, -0.1) is 0 Å². The summed E-state index contributed by atoms with van der Waals surface area (Å²) in [6.07, 6.45) is 0. The molecule has 1 amide bonds. The Morgan fingerprint density at radius 1 is 0.889 bits per heavy atom. The van der Waals surface area contributed by atoms with Crippen molar-refractivity contribution in [2.45, 2.75) is 33.7 Å². The Morgan fingerprint density at radius 2 is 1.64 bits per heavy atom. The van der Waals surface area contributed by atoms with Crippen LogP contribution < -0.4 is 19.8 Å². The minimum Gasteiger partial charge on any atom is -0.490 e. The topological polar surface area (TPSA) is 69.0 Å². The molecule has 0 aliphatic carbocycles. The molecule has 1 unspecified atom stereocenters. The summed E-state index contributed by atoms with van der Waals surface area (Å²) < 4.78 is 31.5. The lowest BCUT2D eigenvalue weighted by atomic mass is 9.97. The van der Waals surface area contributed by atoms with Crippen molar-refractivity contribution in [3.63, 3.8) is 0 Å². The molecule has 5 rings (SSSR count). The lowest BCUT2D eigenvalue weighted by Gasteiger charge is -2.26. The highest BCUT2D eigenvalue weighted by Gasteiger charge is 2.44. The maximum atomic E-state index is 14.1. The highest BCUT2D eigenvalue weighted by atomic mass is 19.1. The van der Waals surface area contributed by atoms with Crippen molar-refractivity contribution < 1.29 is 23.1 Å². The summed E-state index contributed by atoms with van der Waals surface area (Å²) in [7, 11) is 0. The summed E-state index contributed by atoms with van der Waals surface area (Å²) >= 11 is 0. The third kappa shape index (κ3) is 3.81. The van der Waals surface area contributed by atoms with Crippen molar-refractivity contribution in [3.05, 3.63) is 98.7 Å². The molecule has 0 spiro atoms. The Kier molecular flexibility index (Phi) is 6.00. The van der Waals surface area contributed by atoms with E-state index in [2.05, 4.69) is 0 Å². The Bertz CT molecular complexity index is 1560. The Balaban J connectivity index is 1.79. The predicted molar refractivity (Wildman–Crippen MR) is 136 cm³/mol.